The maximum Gasteiger partial charge on any atom is -0.147 e. The fourth-order valence-electron chi connectivity index (χ4n) is 2.91. The monoisotopic (exact) mass is 311 g/mol. The summed E-state index contributed by atoms with van der Waals surface area (Å²) in [5.74, 6) is 0. The first-order valence-corrected chi connectivity index (χ1v) is 7.38. The molecule has 17 heavy (non-hydrogen) atoms. The van der Waals surface area contributed by atoms with Gasteiger partial charge in [0.05, 0.1) is 0 Å². The second kappa shape index (κ2) is 6.77. The zero-order chi connectivity index (χ0) is 11.1. The van der Waals surface area contributed by atoms with E-state index in [1.807, 2.05) is 0 Å². The summed E-state index contributed by atoms with van der Waals surface area (Å²) in [4.78, 5) is 0. The number of allylic oxidation sites excluding steroid dienone is 4. The summed E-state index contributed by atoms with van der Waals surface area (Å²) in [5, 5.41) is 0. The Hall–Kier alpha value is 0.734. The third-order valence-corrected chi connectivity index (χ3v) is 6.22. The van der Waals surface area contributed by atoms with Gasteiger partial charge >= 0.3 is 103 Å². The summed E-state index contributed by atoms with van der Waals surface area (Å²) in [6.45, 7) is 4.82. The van der Waals surface area contributed by atoms with E-state index in [-0.39, 0.29) is 44.2 Å². The van der Waals surface area contributed by atoms with Crippen molar-refractivity contribution in [1.29, 1.82) is 0 Å². The standard InChI is InChI=1S/C11H15.C2H6N.2ClH.Ti/c1-8-7-10-5-3-4-6-11(10)9(8)2;1-3-2;;;/h7H,3-6H2,1-2H3;1-2H3;2*1H;/q;-1;;;+1. The molecule has 0 aromatic carbocycles. The van der Waals surface area contributed by atoms with Gasteiger partial charge in [-0.25, -0.2) is 0 Å². The normalized spacial score (nSPS) is 27.0. The van der Waals surface area contributed by atoms with Gasteiger partial charge in [0.1, 0.15) is 0 Å². The van der Waals surface area contributed by atoms with Gasteiger partial charge in [-0.15, -0.1) is 24.8 Å². The summed E-state index contributed by atoms with van der Waals surface area (Å²) in [5.41, 5.74) is 5.11. The van der Waals surface area contributed by atoms with Crippen LogP contribution < -0.4 is 0 Å². The predicted octanol–water partition coefficient (Wildman–Crippen LogP) is 4.40. The maximum atomic E-state index is 2.49. The zero-order valence-electron chi connectivity index (χ0n) is 11.2. The number of hydrogen-bond acceptors (Lipinski definition) is 1. The molecular formula is C13H23Cl2NTi. The molecule has 0 saturated heterocycles. The average Bonchev–Trinajstić information content (AvgIpc) is 2.39. The first-order valence-electron chi connectivity index (χ1n) is 5.90. The van der Waals surface area contributed by atoms with E-state index in [0.29, 0.717) is 3.72 Å². The van der Waals surface area contributed by atoms with Crippen molar-refractivity contribution in [2.45, 2.75) is 43.3 Å². The number of nitrogens with zero attached hydrogens (tertiary/aromatic N) is 1. The molecule has 0 aromatic heterocycles. The Labute approximate surface area is 127 Å². The van der Waals surface area contributed by atoms with Crippen LogP contribution in [-0.4, -0.2) is 17.5 Å². The molecule has 1 nitrogen and oxygen atoms in total. The van der Waals surface area contributed by atoms with E-state index < -0.39 is 0 Å². The minimum absolute atomic E-state index is 0. The molecule has 0 bridgehead atoms. The summed E-state index contributed by atoms with van der Waals surface area (Å²) >= 11 is -0.0458. The Morgan fingerprint density at radius 1 is 1.18 bits per heavy atom. The summed E-state index contributed by atoms with van der Waals surface area (Å²) in [6.07, 6.45) is 8.00. The van der Waals surface area contributed by atoms with Gasteiger partial charge in [0, 0.05) is 0 Å². The second-order valence-corrected chi connectivity index (χ2v) is 8.48. The van der Waals surface area contributed by atoms with Crippen molar-refractivity contribution >= 4 is 24.8 Å². The largest absolute Gasteiger partial charge is 0.147 e. The van der Waals surface area contributed by atoms with Crippen LogP contribution in [0.25, 0.3) is 0 Å². The van der Waals surface area contributed by atoms with Gasteiger partial charge in [-0.3, -0.25) is 0 Å². The Balaban J connectivity index is 0.00000128. The van der Waals surface area contributed by atoms with Crippen LogP contribution in [0.2, 0.25) is 3.72 Å². The van der Waals surface area contributed by atoms with E-state index in [1.54, 1.807) is 16.7 Å². The molecule has 0 heterocycles. The fraction of sp³-hybridized carbons (Fsp3) is 0.692. The molecule has 2 rings (SSSR count). The Morgan fingerprint density at radius 2 is 1.76 bits per heavy atom. The quantitative estimate of drug-likeness (QED) is 0.683. The molecule has 0 aliphatic heterocycles. The van der Waals surface area contributed by atoms with E-state index in [0.717, 1.165) is 0 Å². The van der Waals surface area contributed by atoms with Crippen LogP contribution >= 0.6 is 24.8 Å². The second-order valence-electron chi connectivity index (χ2n) is 5.17. The molecule has 1 unspecified atom stereocenters. The molecule has 0 amide bonds. The van der Waals surface area contributed by atoms with Crippen LogP contribution in [0, 0.1) is 0 Å². The van der Waals surface area contributed by atoms with E-state index in [1.165, 1.54) is 25.7 Å². The summed E-state index contributed by atoms with van der Waals surface area (Å²) in [6, 6.07) is 0. The first kappa shape index (κ1) is 17.7. The van der Waals surface area contributed by atoms with Gasteiger partial charge in [0.15, 0.2) is 0 Å². The predicted molar refractivity (Wildman–Crippen MR) is 75.8 cm³/mol. The molecule has 2 aliphatic rings. The van der Waals surface area contributed by atoms with Crippen molar-refractivity contribution in [3.05, 3.63) is 22.8 Å². The van der Waals surface area contributed by atoms with Crippen molar-refractivity contribution in [2.75, 3.05) is 14.1 Å². The van der Waals surface area contributed by atoms with Gasteiger partial charge < -0.3 is 0 Å². The zero-order valence-corrected chi connectivity index (χ0v) is 14.4. The molecule has 2 aliphatic carbocycles. The molecule has 0 saturated carbocycles. The van der Waals surface area contributed by atoms with Crippen molar-refractivity contribution in [3.8, 4) is 0 Å². The fourth-order valence-corrected chi connectivity index (χ4v) is 5.35. The van der Waals surface area contributed by atoms with Crippen LogP contribution in [0.15, 0.2) is 22.8 Å². The minimum atomic E-state index is -0.0458. The molecule has 0 N–H and O–H groups in total. The number of rotatable bonds is 2. The smallest absolute Gasteiger partial charge is 0.147 e. The summed E-state index contributed by atoms with van der Waals surface area (Å²) < 4.78 is 2.90. The van der Waals surface area contributed by atoms with E-state index >= 15 is 0 Å². The van der Waals surface area contributed by atoms with Crippen LogP contribution in [0.4, 0.5) is 0 Å². The molecule has 98 valence electrons. The SMILES string of the molecule is CC1=CC2=C(CCCC2)[C]1(C)[Ti][N](C)C.Cl.Cl. The third-order valence-electron chi connectivity index (χ3n) is 3.74. The molecule has 1 atom stereocenters. The molecule has 0 radical (unpaired) electrons. The van der Waals surface area contributed by atoms with Crippen LogP contribution in [-0.2, 0) is 19.4 Å². The molecule has 4 heteroatoms. The van der Waals surface area contributed by atoms with Crippen molar-refractivity contribution < 1.29 is 19.4 Å². The minimum Gasteiger partial charge on any atom is -0.147 e. The molecule has 0 spiro atoms. The van der Waals surface area contributed by atoms with Crippen LogP contribution in [0.5, 0.6) is 0 Å². The van der Waals surface area contributed by atoms with E-state index in [9.17, 15) is 0 Å². The van der Waals surface area contributed by atoms with Gasteiger partial charge in [0.25, 0.3) is 0 Å². The van der Waals surface area contributed by atoms with Crippen molar-refractivity contribution in [1.82, 2.24) is 3.38 Å². The molecule has 0 aromatic rings. The number of hydrogen-bond donors (Lipinski definition) is 0. The molecule has 0 fully saturated rings. The first-order chi connectivity index (χ1) is 7.04. The Bertz CT molecular complexity index is 336. The Kier molecular flexibility index (Phi) is 7.06. The molecular weight excluding hydrogens is 289 g/mol. The van der Waals surface area contributed by atoms with E-state index in [4.69, 9.17) is 0 Å². The number of halogens is 2. The van der Waals surface area contributed by atoms with Crippen molar-refractivity contribution in [3.63, 3.8) is 0 Å². The third kappa shape index (κ3) is 3.39. The van der Waals surface area contributed by atoms with Gasteiger partial charge in [-0.05, 0) is 0 Å². The van der Waals surface area contributed by atoms with Gasteiger partial charge in [0.2, 0.25) is 0 Å². The maximum absolute atomic E-state index is 2.49. The van der Waals surface area contributed by atoms with Crippen LogP contribution in [0.1, 0.15) is 39.5 Å². The van der Waals surface area contributed by atoms with Crippen LogP contribution in [0.3, 0.4) is 0 Å². The topological polar surface area (TPSA) is 3.24 Å². The van der Waals surface area contributed by atoms with Gasteiger partial charge in [-0.2, -0.15) is 0 Å². The Morgan fingerprint density at radius 3 is 2.35 bits per heavy atom. The van der Waals surface area contributed by atoms with Gasteiger partial charge in [-0.1, -0.05) is 0 Å². The van der Waals surface area contributed by atoms with Crippen molar-refractivity contribution in [2.24, 2.45) is 0 Å². The summed E-state index contributed by atoms with van der Waals surface area (Å²) in [7, 11) is 4.47. The van der Waals surface area contributed by atoms with E-state index in [2.05, 4.69) is 37.4 Å². The average molecular weight is 312 g/mol.